The zero-order chi connectivity index (χ0) is 19.5. The van der Waals surface area contributed by atoms with Crippen LogP contribution in [-0.2, 0) is 6.54 Å². The van der Waals surface area contributed by atoms with Gasteiger partial charge in [0.1, 0.15) is 5.69 Å². The molecule has 144 valence electrons. The quantitative estimate of drug-likeness (QED) is 0.612. The highest BCUT2D eigenvalue weighted by atomic mass is 35.5. The number of aromatic nitrogens is 1. The number of carbonyl (C=O) groups is 2. The molecule has 3 amide bonds. The smallest absolute Gasteiger partial charge is 0.321 e. The summed E-state index contributed by atoms with van der Waals surface area (Å²) in [7, 11) is 0. The number of hydrogen-bond donors (Lipinski definition) is 3. The fourth-order valence-electron chi connectivity index (χ4n) is 3.39. The van der Waals surface area contributed by atoms with E-state index in [4.69, 9.17) is 11.6 Å². The Morgan fingerprint density at radius 2 is 1.89 bits per heavy atom. The molecule has 1 aliphatic heterocycles. The Morgan fingerprint density at radius 3 is 2.71 bits per heavy atom. The number of likely N-dealkylation sites (tertiary alicyclic amines) is 1. The summed E-state index contributed by atoms with van der Waals surface area (Å²) in [5.74, 6) is -0.196. The fourth-order valence-corrected chi connectivity index (χ4v) is 3.57. The molecular weight excluding hydrogens is 376 g/mol. The van der Waals surface area contributed by atoms with Crippen molar-refractivity contribution in [3.8, 4) is 0 Å². The van der Waals surface area contributed by atoms with Crippen LogP contribution in [0.3, 0.4) is 0 Å². The summed E-state index contributed by atoms with van der Waals surface area (Å²) in [5, 5.41) is 7.35. The van der Waals surface area contributed by atoms with Crippen LogP contribution in [-0.4, -0.2) is 34.9 Å². The summed E-state index contributed by atoms with van der Waals surface area (Å²) in [6, 6.07) is 14.7. The molecule has 1 saturated heterocycles. The molecule has 0 bridgehead atoms. The molecule has 4 rings (SSSR count). The van der Waals surface area contributed by atoms with E-state index in [0.717, 1.165) is 48.1 Å². The van der Waals surface area contributed by atoms with E-state index >= 15 is 0 Å². The number of H-pyrrole nitrogens is 1. The second kappa shape index (κ2) is 7.94. The van der Waals surface area contributed by atoms with Gasteiger partial charge in [-0.3, -0.25) is 4.79 Å². The van der Waals surface area contributed by atoms with Crippen LogP contribution in [0.25, 0.3) is 10.9 Å². The molecule has 2 heterocycles. The molecule has 28 heavy (non-hydrogen) atoms. The van der Waals surface area contributed by atoms with Crippen LogP contribution in [0.15, 0.2) is 48.5 Å². The van der Waals surface area contributed by atoms with Crippen LogP contribution < -0.4 is 10.6 Å². The third-order valence-corrected chi connectivity index (χ3v) is 5.09. The monoisotopic (exact) mass is 396 g/mol. The lowest BCUT2D eigenvalue weighted by Crippen LogP contribution is -2.32. The van der Waals surface area contributed by atoms with Gasteiger partial charge in [-0.25, -0.2) is 4.79 Å². The Balaban J connectivity index is 1.38. The first-order valence-corrected chi connectivity index (χ1v) is 9.68. The van der Waals surface area contributed by atoms with Crippen molar-refractivity contribution in [2.24, 2.45) is 0 Å². The van der Waals surface area contributed by atoms with E-state index < -0.39 is 0 Å². The number of hydrogen-bond acceptors (Lipinski definition) is 2. The molecule has 2 aromatic carbocycles. The van der Waals surface area contributed by atoms with E-state index in [1.165, 1.54) is 0 Å². The average molecular weight is 397 g/mol. The predicted octanol–water partition coefficient (Wildman–Crippen LogP) is 4.38. The first-order chi connectivity index (χ1) is 13.6. The van der Waals surface area contributed by atoms with E-state index in [-0.39, 0.29) is 11.9 Å². The molecule has 1 aromatic heterocycles. The summed E-state index contributed by atoms with van der Waals surface area (Å²) in [4.78, 5) is 29.6. The summed E-state index contributed by atoms with van der Waals surface area (Å²) >= 11 is 5.99. The van der Waals surface area contributed by atoms with Crippen LogP contribution in [0.5, 0.6) is 0 Å². The molecule has 0 saturated carbocycles. The number of anilines is 1. The summed E-state index contributed by atoms with van der Waals surface area (Å²) in [6.07, 6.45) is 2.11. The Morgan fingerprint density at radius 1 is 1.07 bits per heavy atom. The van der Waals surface area contributed by atoms with Gasteiger partial charge in [-0.1, -0.05) is 23.7 Å². The van der Waals surface area contributed by atoms with Crippen molar-refractivity contribution in [2.45, 2.75) is 19.4 Å². The SMILES string of the molecule is O=C(NCc1cccc(NC(=O)N2CCCC2)c1)c1cc2cc(Cl)ccc2[nH]1. The topological polar surface area (TPSA) is 77.2 Å². The average Bonchev–Trinajstić information content (AvgIpc) is 3.36. The fraction of sp³-hybridized carbons (Fsp3) is 0.238. The van der Waals surface area contributed by atoms with Gasteiger partial charge in [0.15, 0.2) is 0 Å². The first kappa shape index (κ1) is 18.4. The third kappa shape index (κ3) is 4.12. The maximum Gasteiger partial charge on any atom is 0.321 e. The predicted molar refractivity (Wildman–Crippen MR) is 111 cm³/mol. The zero-order valence-corrected chi connectivity index (χ0v) is 16.1. The van der Waals surface area contributed by atoms with E-state index in [0.29, 0.717) is 17.3 Å². The number of amides is 3. The van der Waals surface area contributed by atoms with Crippen molar-refractivity contribution in [1.29, 1.82) is 0 Å². The van der Waals surface area contributed by atoms with Gasteiger partial charge in [-0.05, 0) is 54.8 Å². The zero-order valence-electron chi connectivity index (χ0n) is 15.3. The lowest BCUT2D eigenvalue weighted by atomic mass is 10.2. The number of halogens is 1. The van der Waals surface area contributed by atoms with Gasteiger partial charge in [0.2, 0.25) is 0 Å². The number of nitrogens with zero attached hydrogens (tertiary/aromatic N) is 1. The highest BCUT2D eigenvalue weighted by Crippen LogP contribution is 2.20. The molecule has 0 unspecified atom stereocenters. The lowest BCUT2D eigenvalue weighted by Gasteiger charge is -2.16. The number of carbonyl (C=O) groups excluding carboxylic acids is 2. The van der Waals surface area contributed by atoms with Crippen LogP contribution in [0.4, 0.5) is 10.5 Å². The molecule has 1 fully saturated rings. The molecule has 3 N–H and O–H groups in total. The van der Waals surface area contributed by atoms with Crippen molar-refractivity contribution in [3.05, 3.63) is 64.8 Å². The Kier molecular flexibility index (Phi) is 5.21. The highest BCUT2D eigenvalue weighted by Gasteiger charge is 2.17. The maximum atomic E-state index is 12.5. The molecule has 7 heteroatoms. The third-order valence-electron chi connectivity index (χ3n) is 4.85. The van der Waals surface area contributed by atoms with Crippen LogP contribution in [0.1, 0.15) is 28.9 Å². The van der Waals surface area contributed by atoms with E-state index in [1.54, 1.807) is 12.1 Å². The Bertz CT molecular complexity index is 1020. The summed E-state index contributed by atoms with van der Waals surface area (Å²) in [6.45, 7) is 1.97. The number of nitrogens with one attached hydrogen (secondary N) is 3. The second-order valence-electron chi connectivity index (χ2n) is 6.92. The molecule has 0 spiro atoms. The lowest BCUT2D eigenvalue weighted by molar-refractivity contribution is 0.0946. The Labute approximate surface area is 167 Å². The number of urea groups is 1. The maximum absolute atomic E-state index is 12.5. The van der Waals surface area contributed by atoms with Gasteiger partial charge in [0.25, 0.3) is 5.91 Å². The molecular formula is C21H21ClN4O2. The van der Waals surface area contributed by atoms with E-state index in [1.807, 2.05) is 41.3 Å². The summed E-state index contributed by atoms with van der Waals surface area (Å²) < 4.78 is 0. The molecule has 3 aromatic rings. The number of benzene rings is 2. The van der Waals surface area contributed by atoms with Crippen molar-refractivity contribution in [3.63, 3.8) is 0 Å². The minimum absolute atomic E-state index is 0.0737. The largest absolute Gasteiger partial charge is 0.351 e. The van der Waals surface area contributed by atoms with Crippen LogP contribution in [0, 0.1) is 0 Å². The van der Waals surface area contributed by atoms with Crippen molar-refractivity contribution >= 4 is 40.1 Å². The normalized spacial score (nSPS) is 13.7. The minimum atomic E-state index is -0.196. The van der Waals surface area contributed by atoms with Crippen LogP contribution in [0.2, 0.25) is 5.02 Å². The summed E-state index contributed by atoms with van der Waals surface area (Å²) in [5.41, 5.74) is 2.98. The van der Waals surface area contributed by atoms with Gasteiger partial charge in [-0.2, -0.15) is 0 Å². The standard InChI is InChI=1S/C21H21ClN4O2/c22-16-6-7-18-15(11-16)12-19(25-18)20(27)23-13-14-4-3-5-17(10-14)24-21(28)26-8-1-2-9-26/h3-7,10-12,25H,1-2,8-9,13H2,(H,23,27)(H,24,28). The molecule has 0 atom stereocenters. The van der Waals surface area contributed by atoms with Crippen molar-refractivity contribution in [2.75, 3.05) is 18.4 Å². The molecule has 6 nitrogen and oxygen atoms in total. The van der Waals surface area contributed by atoms with Crippen molar-refractivity contribution < 1.29 is 9.59 Å². The van der Waals surface area contributed by atoms with Gasteiger partial charge in [-0.15, -0.1) is 0 Å². The first-order valence-electron chi connectivity index (χ1n) is 9.30. The number of rotatable bonds is 4. The van der Waals surface area contributed by atoms with Gasteiger partial charge in [0, 0.05) is 41.2 Å². The van der Waals surface area contributed by atoms with Crippen LogP contribution >= 0.6 is 11.6 Å². The highest BCUT2D eigenvalue weighted by molar-refractivity contribution is 6.31. The van der Waals surface area contributed by atoms with Gasteiger partial charge < -0.3 is 20.5 Å². The van der Waals surface area contributed by atoms with E-state index in [9.17, 15) is 9.59 Å². The number of aromatic amines is 1. The van der Waals surface area contributed by atoms with E-state index in [2.05, 4.69) is 15.6 Å². The molecule has 0 radical (unpaired) electrons. The van der Waals surface area contributed by atoms with Gasteiger partial charge in [0.05, 0.1) is 0 Å². The second-order valence-corrected chi connectivity index (χ2v) is 7.36. The van der Waals surface area contributed by atoms with Crippen molar-refractivity contribution in [1.82, 2.24) is 15.2 Å². The molecule has 1 aliphatic rings. The van der Waals surface area contributed by atoms with Gasteiger partial charge >= 0.3 is 6.03 Å². The Hall–Kier alpha value is -2.99. The minimum Gasteiger partial charge on any atom is -0.351 e. The molecule has 0 aliphatic carbocycles. The number of fused-ring (bicyclic) bond motifs is 1.